The van der Waals surface area contributed by atoms with E-state index in [0.717, 1.165) is 13.0 Å². The maximum Gasteiger partial charge on any atom is 0.0176 e. The lowest BCUT2D eigenvalue weighted by atomic mass is 9.72. The molecule has 2 unspecified atom stereocenters. The molecule has 0 saturated heterocycles. The van der Waals surface area contributed by atoms with Crippen LogP contribution in [0.5, 0.6) is 0 Å². The third-order valence-corrected chi connectivity index (χ3v) is 3.41. The number of rotatable bonds is 5. The average molecular weight is 215 g/mol. The first-order valence-electron chi connectivity index (χ1n) is 6.18. The molecule has 16 heavy (non-hydrogen) atoms. The van der Waals surface area contributed by atoms with Gasteiger partial charge in [-0.05, 0) is 37.4 Å². The summed E-state index contributed by atoms with van der Waals surface area (Å²) in [6.45, 7) is 9.37. The maximum absolute atomic E-state index is 4.03. The Morgan fingerprint density at radius 2 is 2.25 bits per heavy atom. The molecule has 1 N–H and O–H groups in total. The van der Waals surface area contributed by atoms with Crippen LogP contribution in [0.1, 0.15) is 37.3 Å². The Labute approximate surface area is 98.6 Å². The van der Waals surface area contributed by atoms with Gasteiger partial charge in [-0.2, -0.15) is 0 Å². The summed E-state index contributed by atoms with van der Waals surface area (Å²) in [4.78, 5) is 0. The van der Waals surface area contributed by atoms with E-state index < -0.39 is 0 Å². The quantitative estimate of drug-likeness (QED) is 0.743. The Kier molecular flexibility index (Phi) is 3.45. The summed E-state index contributed by atoms with van der Waals surface area (Å²) < 4.78 is 0. The average Bonchev–Trinajstić information content (AvgIpc) is 2.19. The van der Waals surface area contributed by atoms with Crippen molar-refractivity contribution in [3.63, 3.8) is 0 Å². The van der Waals surface area contributed by atoms with Crippen LogP contribution in [0.15, 0.2) is 36.4 Å². The van der Waals surface area contributed by atoms with Gasteiger partial charge in [0.25, 0.3) is 0 Å². The van der Waals surface area contributed by atoms with Crippen LogP contribution < -0.4 is 5.32 Å². The molecular formula is C15H21N. The van der Waals surface area contributed by atoms with Crippen LogP contribution in [0.2, 0.25) is 0 Å². The molecule has 2 rings (SSSR count). The number of fused-ring (bicyclic) bond motifs is 1. The van der Waals surface area contributed by atoms with Crippen molar-refractivity contribution in [1.29, 1.82) is 0 Å². The fraction of sp³-hybridized carbons (Fsp3) is 0.467. The van der Waals surface area contributed by atoms with Crippen molar-refractivity contribution in [2.75, 3.05) is 6.54 Å². The molecule has 1 aromatic carbocycles. The first-order valence-corrected chi connectivity index (χ1v) is 6.18. The molecule has 1 aliphatic rings. The molecule has 0 amide bonds. The van der Waals surface area contributed by atoms with Gasteiger partial charge in [0.2, 0.25) is 0 Å². The van der Waals surface area contributed by atoms with Gasteiger partial charge < -0.3 is 5.32 Å². The third-order valence-electron chi connectivity index (χ3n) is 3.41. The van der Waals surface area contributed by atoms with E-state index in [4.69, 9.17) is 0 Å². The number of nitrogens with one attached hydrogen (secondary N) is 1. The first kappa shape index (κ1) is 11.4. The van der Waals surface area contributed by atoms with Crippen LogP contribution in [-0.4, -0.2) is 12.6 Å². The molecule has 1 aliphatic carbocycles. The molecule has 1 aromatic rings. The van der Waals surface area contributed by atoms with Crippen molar-refractivity contribution in [1.82, 2.24) is 5.32 Å². The van der Waals surface area contributed by atoms with Gasteiger partial charge in [-0.1, -0.05) is 36.8 Å². The largest absolute Gasteiger partial charge is 0.313 e. The maximum atomic E-state index is 4.03. The van der Waals surface area contributed by atoms with E-state index in [1.54, 1.807) is 0 Å². The lowest BCUT2D eigenvalue weighted by Crippen LogP contribution is -2.40. The van der Waals surface area contributed by atoms with Gasteiger partial charge >= 0.3 is 0 Å². The van der Waals surface area contributed by atoms with Gasteiger partial charge in [-0.15, -0.1) is 6.58 Å². The zero-order valence-corrected chi connectivity index (χ0v) is 10.3. The zero-order chi connectivity index (χ0) is 11.5. The van der Waals surface area contributed by atoms with E-state index in [9.17, 15) is 0 Å². The summed E-state index contributed by atoms with van der Waals surface area (Å²) in [6.07, 6.45) is 2.31. The van der Waals surface area contributed by atoms with Crippen molar-refractivity contribution in [2.45, 2.75) is 38.6 Å². The predicted molar refractivity (Wildman–Crippen MR) is 69.8 cm³/mol. The second-order valence-corrected chi connectivity index (χ2v) is 4.83. The van der Waals surface area contributed by atoms with Crippen molar-refractivity contribution >= 4 is 0 Å². The minimum atomic E-state index is 0.567. The number of likely N-dealkylation sites (N-methyl/N-ethyl adjacent to an activating group) is 1. The summed E-state index contributed by atoms with van der Waals surface area (Å²) in [6, 6.07) is 9.37. The van der Waals surface area contributed by atoms with Gasteiger partial charge in [-0.25, -0.2) is 0 Å². The number of hydrogen-bond donors (Lipinski definition) is 1. The molecule has 0 bridgehead atoms. The monoisotopic (exact) mass is 215 g/mol. The smallest absolute Gasteiger partial charge is 0.0176 e. The highest BCUT2D eigenvalue weighted by molar-refractivity contribution is 5.41. The van der Waals surface area contributed by atoms with E-state index in [1.807, 2.05) is 0 Å². The second kappa shape index (κ2) is 4.84. The third kappa shape index (κ3) is 2.19. The highest BCUT2D eigenvalue weighted by Gasteiger charge is 2.31. The molecule has 0 spiro atoms. The summed E-state index contributed by atoms with van der Waals surface area (Å²) in [5, 5.41) is 3.60. The summed E-state index contributed by atoms with van der Waals surface area (Å²) >= 11 is 0. The zero-order valence-electron chi connectivity index (χ0n) is 10.3. The minimum absolute atomic E-state index is 0.567. The van der Waals surface area contributed by atoms with Crippen LogP contribution in [0.3, 0.4) is 0 Å². The standard InChI is InChI=1S/C15H21N/c1-4-16-15(9-11(2)3)14-10-12-7-5-6-8-13(12)14/h5-8,14-16H,2,4,9-10H2,1,3H3. The van der Waals surface area contributed by atoms with Gasteiger partial charge in [0.1, 0.15) is 0 Å². The van der Waals surface area contributed by atoms with Crippen molar-refractivity contribution in [3.05, 3.63) is 47.5 Å². The topological polar surface area (TPSA) is 12.0 Å². The Bertz CT molecular complexity index is 381. The van der Waals surface area contributed by atoms with E-state index in [0.29, 0.717) is 12.0 Å². The fourth-order valence-corrected chi connectivity index (χ4v) is 2.65. The molecule has 2 atom stereocenters. The predicted octanol–water partition coefficient (Wildman–Crippen LogP) is 3.27. The molecule has 0 saturated carbocycles. The van der Waals surface area contributed by atoms with E-state index in [2.05, 4.69) is 50.0 Å². The van der Waals surface area contributed by atoms with Gasteiger partial charge in [0, 0.05) is 12.0 Å². The van der Waals surface area contributed by atoms with Crippen molar-refractivity contribution in [2.24, 2.45) is 0 Å². The molecular weight excluding hydrogens is 194 g/mol. The molecule has 0 heterocycles. The summed E-state index contributed by atoms with van der Waals surface area (Å²) in [5.41, 5.74) is 4.34. The first-order chi connectivity index (χ1) is 7.72. The highest BCUT2D eigenvalue weighted by Crippen LogP contribution is 2.38. The normalized spacial score (nSPS) is 19.8. The Balaban J connectivity index is 2.09. The molecule has 86 valence electrons. The Hall–Kier alpha value is -1.08. The molecule has 0 radical (unpaired) electrons. The van der Waals surface area contributed by atoms with Crippen LogP contribution in [0.4, 0.5) is 0 Å². The summed E-state index contributed by atoms with van der Waals surface area (Å²) in [5.74, 6) is 0.688. The highest BCUT2D eigenvalue weighted by atomic mass is 14.9. The summed E-state index contributed by atoms with van der Waals surface area (Å²) in [7, 11) is 0. The van der Waals surface area contributed by atoms with Crippen LogP contribution >= 0.6 is 0 Å². The lowest BCUT2D eigenvalue weighted by molar-refractivity contribution is 0.404. The molecule has 0 fully saturated rings. The minimum Gasteiger partial charge on any atom is -0.313 e. The van der Waals surface area contributed by atoms with E-state index in [1.165, 1.54) is 23.1 Å². The number of benzene rings is 1. The van der Waals surface area contributed by atoms with E-state index in [-0.39, 0.29) is 0 Å². The molecule has 1 heteroatoms. The fourth-order valence-electron chi connectivity index (χ4n) is 2.65. The lowest BCUT2D eigenvalue weighted by Gasteiger charge is -2.37. The van der Waals surface area contributed by atoms with Gasteiger partial charge in [0.05, 0.1) is 0 Å². The Morgan fingerprint density at radius 3 is 2.88 bits per heavy atom. The van der Waals surface area contributed by atoms with Crippen LogP contribution in [0, 0.1) is 0 Å². The van der Waals surface area contributed by atoms with Gasteiger partial charge in [-0.3, -0.25) is 0 Å². The van der Waals surface area contributed by atoms with E-state index >= 15 is 0 Å². The van der Waals surface area contributed by atoms with Crippen LogP contribution in [0.25, 0.3) is 0 Å². The molecule has 0 aromatic heterocycles. The second-order valence-electron chi connectivity index (χ2n) is 4.83. The molecule has 1 nitrogen and oxygen atoms in total. The number of hydrogen-bond acceptors (Lipinski definition) is 1. The van der Waals surface area contributed by atoms with Crippen molar-refractivity contribution < 1.29 is 0 Å². The SMILES string of the molecule is C=C(C)CC(NCC)C1Cc2ccccc21. The van der Waals surface area contributed by atoms with Gasteiger partial charge in [0.15, 0.2) is 0 Å². The Morgan fingerprint density at radius 1 is 1.50 bits per heavy atom. The van der Waals surface area contributed by atoms with Crippen LogP contribution in [-0.2, 0) is 6.42 Å². The molecule has 0 aliphatic heterocycles. The van der Waals surface area contributed by atoms with Crippen molar-refractivity contribution in [3.8, 4) is 0 Å².